The number of nitrogens with one attached hydrogen (secondary N) is 1. The van der Waals surface area contributed by atoms with Gasteiger partial charge in [0, 0.05) is 30.2 Å². The Labute approximate surface area is 235 Å². The lowest BCUT2D eigenvalue weighted by molar-refractivity contribution is -0.385. The Balaban J connectivity index is 1.27. The number of ketones is 1. The second-order valence-electron chi connectivity index (χ2n) is 8.87. The number of Topliss-reactive ketones (excluding diaryl/α,β-unsaturated/α-hetero) is 1. The predicted octanol–water partition coefficient (Wildman–Crippen LogP) is 2.64. The smallest absolute Gasteiger partial charge is 0.343 e. The molecule has 0 bridgehead atoms. The van der Waals surface area contributed by atoms with E-state index in [0.717, 1.165) is 23.2 Å². The normalized spacial score (nSPS) is 14.1. The predicted molar refractivity (Wildman–Crippen MR) is 140 cm³/mol. The molecule has 1 saturated heterocycles. The van der Waals surface area contributed by atoms with E-state index in [2.05, 4.69) is 5.43 Å². The number of para-hydroxylation sites is 1. The first-order valence-electron chi connectivity index (χ1n) is 12.1. The Bertz CT molecular complexity index is 1590. The molecule has 1 aliphatic heterocycles. The number of nitrogens with zero attached hydrogens (tertiary/aromatic N) is 3. The molecule has 0 saturated carbocycles. The van der Waals surface area contributed by atoms with E-state index in [4.69, 9.17) is 9.47 Å². The van der Waals surface area contributed by atoms with Crippen LogP contribution in [0.1, 0.15) is 37.5 Å². The highest BCUT2D eigenvalue weighted by atomic mass is 16.6. The van der Waals surface area contributed by atoms with E-state index >= 15 is 0 Å². The maximum absolute atomic E-state index is 12.5. The Morgan fingerprint density at radius 1 is 0.881 bits per heavy atom. The number of non-ortho nitro benzene ring substituents is 1. The van der Waals surface area contributed by atoms with Gasteiger partial charge >= 0.3 is 11.9 Å². The summed E-state index contributed by atoms with van der Waals surface area (Å²) in [5.41, 5.74) is 1.57. The number of nitro benzene ring substituents is 2. The highest BCUT2D eigenvalue weighted by molar-refractivity contribution is 6.00. The number of hydrazine groups is 1. The van der Waals surface area contributed by atoms with Crippen LogP contribution in [-0.4, -0.2) is 57.5 Å². The zero-order valence-electron chi connectivity index (χ0n) is 21.5. The van der Waals surface area contributed by atoms with Crippen molar-refractivity contribution in [2.75, 3.05) is 13.2 Å². The monoisotopic (exact) mass is 576 g/mol. The highest BCUT2D eigenvalue weighted by Crippen LogP contribution is 2.21. The zero-order valence-corrected chi connectivity index (χ0v) is 21.5. The number of carbonyl (C=O) groups excluding carboxylic acids is 5. The Morgan fingerprint density at radius 2 is 1.52 bits per heavy atom. The minimum absolute atomic E-state index is 0.0811. The molecule has 3 aromatic carbocycles. The third kappa shape index (κ3) is 6.77. The van der Waals surface area contributed by atoms with Crippen LogP contribution in [0.4, 0.5) is 11.4 Å². The number of rotatable bonds is 10. The quantitative estimate of drug-likeness (QED) is 0.122. The third-order valence-corrected chi connectivity index (χ3v) is 6.09. The lowest BCUT2D eigenvalue weighted by atomic mass is 10.1. The summed E-state index contributed by atoms with van der Waals surface area (Å²) in [6, 6.07) is 15.3. The van der Waals surface area contributed by atoms with Gasteiger partial charge in [0.2, 0.25) is 5.91 Å². The van der Waals surface area contributed by atoms with Gasteiger partial charge in [-0.2, -0.15) is 0 Å². The summed E-state index contributed by atoms with van der Waals surface area (Å²) in [6.45, 7) is -0.902. The van der Waals surface area contributed by atoms with E-state index in [1.165, 1.54) is 54.6 Å². The Hall–Kier alpha value is -5.99. The number of benzene rings is 3. The average molecular weight is 576 g/mol. The molecule has 42 heavy (non-hydrogen) atoms. The van der Waals surface area contributed by atoms with Crippen molar-refractivity contribution in [1.82, 2.24) is 10.4 Å². The fourth-order valence-corrected chi connectivity index (χ4v) is 3.91. The van der Waals surface area contributed by atoms with E-state index in [-0.39, 0.29) is 41.1 Å². The summed E-state index contributed by atoms with van der Waals surface area (Å²) < 4.78 is 10.2. The number of esters is 2. The Kier molecular flexibility index (Phi) is 8.60. The lowest BCUT2D eigenvalue weighted by Crippen LogP contribution is -2.43. The second kappa shape index (κ2) is 12.5. The van der Waals surface area contributed by atoms with Crippen LogP contribution in [0.2, 0.25) is 0 Å². The van der Waals surface area contributed by atoms with Crippen LogP contribution >= 0.6 is 0 Å². The molecule has 0 aliphatic carbocycles. The van der Waals surface area contributed by atoms with Crippen LogP contribution in [0.5, 0.6) is 5.75 Å². The highest BCUT2D eigenvalue weighted by Gasteiger charge is 2.37. The van der Waals surface area contributed by atoms with Gasteiger partial charge in [-0.25, -0.2) is 4.79 Å². The maximum atomic E-state index is 12.5. The van der Waals surface area contributed by atoms with Gasteiger partial charge in [-0.3, -0.25) is 49.8 Å². The van der Waals surface area contributed by atoms with Crippen LogP contribution in [0.15, 0.2) is 72.8 Å². The molecular formula is C27H20N4O11. The number of hydrogen-bond acceptors (Lipinski definition) is 11. The van der Waals surface area contributed by atoms with Gasteiger partial charge in [-0.1, -0.05) is 12.1 Å². The lowest BCUT2D eigenvalue weighted by Gasteiger charge is -2.17. The summed E-state index contributed by atoms with van der Waals surface area (Å²) in [6.07, 6.45) is -0.307. The van der Waals surface area contributed by atoms with Crippen molar-refractivity contribution in [1.29, 1.82) is 0 Å². The first-order chi connectivity index (χ1) is 20.0. The van der Waals surface area contributed by atoms with Gasteiger partial charge in [0.15, 0.2) is 12.4 Å². The number of carbonyl (C=O) groups is 5. The van der Waals surface area contributed by atoms with Gasteiger partial charge in [0.25, 0.3) is 17.3 Å². The van der Waals surface area contributed by atoms with Crippen molar-refractivity contribution in [3.05, 3.63) is 110 Å². The fraction of sp³-hybridized carbons (Fsp3) is 0.148. The van der Waals surface area contributed by atoms with Crippen molar-refractivity contribution < 1.29 is 43.3 Å². The molecule has 15 nitrogen and oxygen atoms in total. The summed E-state index contributed by atoms with van der Waals surface area (Å²) in [5, 5.41) is 22.8. The van der Waals surface area contributed by atoms with Crippen LogP contribution in [0.25, 0.3) is 0 Å². The van der Waals surface area contributed by atoms with Gasteiger partial charge < -0.3 is 9.47 Å². The van der Waals surface area contributed by atoms with E-state index in [1.54, 1.807) is 0 Å². The number of hydrogen-bond donors (Lipinski definition) is 1. The van der Waals surface area contributed by atoms with E-state index in [0.29, 0.717) is 0 Å². The molecule has 0 radical (unpaired) electrons. The van der Waals surface area contributed by atoms with Crippen LogP contribution in [0, 0.1) is 26.1 Å². The van der Waals surface area contributed by atoms with Gasteiger partial charge in [0.05, 0.1) is 27.9 Å². The molecule has 1 atom stereocenters. The van der Waals surface area contributed by atoms with Crippen LogP contribution in [0.3, 0.4) is 0 Å². The molecule has 3 aromatic rings. The summed E-state index contributed by atoms with van der Waals surface area (Å²) >= 11 is 0. The molecule has 15 heteroatoms. The molecular weight excluding hydrogens is 556 g/mol. The standard InChI is InChI=1S/C27H20N4O11/c32-23(16-7-11-20(12-8-16)42-27(36)17-5-9-19(10-6-17)30(37)38)15-41-26(35)18-13-24(33)29(14-18)28-25(34)21-3-1-2-4-22(21)31(39)40/h1-12,18H,13-15H2,(H,28,34)/t18-/m1/s1. The SMILES string of the molecule is O=C(COC(=O)[C@@H]1CC(=O)N(NC(=O)c2ccccc2[N+](=O)[O-])C1)c1ccc(OC(=O)c2ccc([N+](=O)[O-])cc2)cc1. The third-order valence-electron chi connectivity index (χ3n) is 6.09. The topological polar surface area (TPSA) is 205 Å². The molecule has 0 aromatic heterocycles. The summed E-state index contributed by atoms with van der Waals surface area (Å²) in [7, 11) is 0. The van der Waals surface area contributed by atoms with E-state index in [9.17, 15) is 44.2 Å². The van der Waals surface area contributed by atoms with Crippen molar-refractivity contribution in [2.24, 2.45) is 5.92 Å². The van der Waals surface area contributed by atoms with Gasteiger partial charge in [0.1, 0.15) is 11.3 Å². The number of amides is 2. The molecule has 1 N–H and O–H groups in total. The summed E-state index contributed by atoms with van der Waals surface area (Å²) in [5.74, 6) is -4.61. The molecule has 214 valence electrons. The fourth-order valence-electron chi connectivity index (χ4n) is 3.91. The molecule has 0 spiro atoms. The molecule has 2 amide bonds. The second-order valence-corrected chi connectivity index (χ2v) is 8.87. The van der Waals surface area contributed by atoms with E-state index < -0.39 is 57.6 Å². The van der Waals surface area contributed by atoms with Gasteiger partial charge in [-0.05, 0) is 42.5 Å². The van der Waals surface area contributed by atoms with E-state index in [1.807, 2.05) is 0 Å². The largest absolute Gasteiger partial charge is 0.457 e. The van der Waals surface area contributed by atoms with Crippen molar-refractivity contribution in [3.8, 4) is 5.75 Å². The molecule has 4 rings (SSSR count). The van der Waals surface area contributed by atoms with Crippen LogP contribution in [-0.2, 0) is 14.3 Å². The minimum Gasteiger partial charge on any atom is -0.457 e. The van der Waals surface area contributed by atoms with Gasteiger partial charge in [-0.15, -0.1) is 0 Å². The van der Waals surface area contributed by atoms with Crippen LogP contribution < -0.4 is 10.2 Å². The molecule has 1 heterocycles. The zero-order chi connectivity index (χ0) is 30.4. The first-order valence-corrected chi connectivity index (χ1v) is 12.1. The molecule has 1 aliphatic rings. The number of ether oxygens (including phenoxy) is 2. The van der Waals surface area contributed by atoms with Crippen molar-refractivity contribution >= 4 is 40.9 Å². The Morgan fingerprint density at radius 3 is 2.17 bits per heavy atom. The maximum Gasteiger partial charge on any atom is 0.343 e. The average Bonchev–Trinajstić information content (AvgIpc) is 3.35. The minimum atomic E-state index is -0.988. The van der Waals surface area contributed by atoms with Crippen molar-refractivity contribution in [2.45, 2.75) is 6.42 Å². The summed E-state index contributed by atoms with van der Waals surface area (Å²) in [4.78, 5) is 82.6. The van der Waals surface area contributed by atoms with Crippen molar-refractivity contribution in [3.63, 3.8) is 0 Å². The first kappa shape index (κ1) is 29.0. The molecule has 0 unspecified atom stereocenters. The number of nitro groups is 2. The molecule has 1 fully saturated rings.